The molecular formula is C24H24ClNO3S. The third-order valence-electron chi connectivity index (χ3n) is 4.37. The van der Waals surface area contributed by atoms with Crippen molar-refractivity contribution in [3.8, 4) is 11.5 Å². The molecular weight excluding hydrogens is 418 g/mol. The fourth-order valence-electron chi connectivity index (χ4n) is 2.69. The molecule has 0 fully saturated rings. The van der Waals surface area contributed by atoms with Crippen LogP contribution >= 0.6 is 23.4 Å². The molecule has 1 unspecified atom stereocenters. The zero-order valence-corrected chi connectivity index (χ0v) is 18.5. The van der Waals surface area contributed by atoms with E-state index in [-0.39, 0.29) is 11.9 Å². The number of rotatable bonds is 9. The lowest BCUT2D eigenvalue weighted by molar-refractivity contribution is 0.0926. The Labute approximate surface area is 186 Å². The van der Waals surface area contributed by atoms with E-state index >= 15 is 0 Å². The molecule has 6 heteroatoms. The summed E-state index contributed by atoms with van der Waals surface area (Å²) in [6.07, 6.45) is 0. The molecule has 3 aromatic carbocycles. The van der Waals surface area contributed by atoms with E-state index in [1.807, 2.05) is 79.7 Å². The minimum absolute atomic E-state index is 0.113. The van der Waals surface area contributed by atoms with Crippen LogP contribution in [-0.4, -0.2) is 25.7 Å². The first kappa shape index (κ1) is 22.1. The Morgan fingerprint density at radius 2 is 1.60 bits per heavy atom. The average Bonchev–Trinajstić information content (AvgIpc) is 2.78. The number of halogens is 1. The van der Waals surface area contributed by atoms with Gasteiger partial charge in [0.2, 0.25) is 0 Å². The van der Waals surface area contributed by atoms with Gasteiger partial charge in [-0.15, -0.1) is 11.8 Å². The van der Waals surface area contributed by atoms with E-state index in [0.29, 0.717) is 12.2 Å². The highest BCUT2D eigenvalue weighted by Crippen LogP contribution is 2.24. The predicted octanol–water partition coefficient (Wildman–Crippen LogP) is 5.84. The van der Waals surface area contributed by atoms with Crippen LogP contribution in [-0.2, 0) is 5.75 Å². The number of ether oxygens (including phenoxy) is 2. The van der Waals surface area contributed by atoms with Crippen molar-refractivity contribution in [1.29, 1.82) is 0 Å². The van der Waals surface area contributed by atoms with Crippen LogP contribution in [0.25, 0.3) is 0 Å². The molecule has 4 nitrogen and oxygen atoms in total. The number of methoxy groups -OCH3 is 1. The van der Waals surface area contributed by atoms with Gasteiger partial charge < -0.3 is 14.8 Å². The normalized spacial score (nSPS) is 11.6. The molecule has 3 rings (SSSR count). The Balaban J connectivity index is 1.45. The molecule has 0 spiro atoms. The second-order valence-electron chi connectivity index (χ2n) is 6.80. The van der Waals surface area contributed by atoms with Gasteiger partial charge in [0.1, 0.15) is 18.1 Å². The summed E-state index contributed by atoms with van der Waals surface area (Å²) in [6, 6.07) is 22.7. The van der Waals surface area contributed by atoms with Crippen molar-refractivity contribution in [3.05, 3.63) is 88.9 Å². The van der Waals surface area contributed by atoms with Gasteiger partial charge in [-0.2, -0.15) is 0 Å². The van der Waals surface area contributed by atoms with Crippen LogP contribution in [0.4, 0.5) is 0 Å². The molecule has 1 atom stereocenters. The van der Waals surface area contributed by atoms with Crippen molar-refractivity contribution >= 4 is 29.3 Å². The zero-order valence-electron chi connectivity index (χ0n) is 16.9. The summed E-state index contributed by atoms with van der Waals surface area (Å²) in [5.74, 6) is 2.23. The summed E-state index contributed by atoms with van der Waals surface area (Å²) in [6.45, 7) is 2.30. The second-order valence-corrected chi connectivity index (χ2v) is 8.29. The summed E-state index contributed by atoms with van der Waals surface area (Å²) in [5.41, 5.74) is 1.79. The Morgan fingerprint density at radius 1 is 0.967 bits per heavy atom. The summed E-state index contributed by atoms with van der Waals surface area (Å²) >= 11 is 7.64. The minimum Gasteiger partial charge on any atom is -0.497 e. The van der Waals surface area contributed by atoms with E-state index in [9.17, 15) is 4.79 Å². The highest BCUT2D eigenvalue weighted by atomic mass is 35.5. The number of benzene rings is 3. The molecule has 0 aliphatic carbocycles. The van der Waals surface area contributed by atoms with Crippen LogP contribution < -0.4 is 14.8 Å². The van der Waals surface area contributed by atoms with Gasteiger partial charge in [0, 0.05) is 21.2 Å². The number of nitrogens with one attached hydrogen (secondary N) is 1. The third-order valence-corrected chi connectivity index (χ3v) is 5.71. The van der Waals surface area contributed by atoms with E-state index in [1.165, 1.54) is 0 Å². The summed E-state index contributed by atoms with van der Waals surface area (Å²) in [7, 11) is 1.62. The molecule has 0 heterocycles. The molecule has 3 aromatic rings. The fourth-order valence-corrected chi connectivity index (χ4v) is 3.67. The van der Waals surface area contributed by atoms with Crippen molar-refractivity contribution < 1.29 is 14.3 Å². The van der Waals surface area contributed by atoms with Gasteiger partial charge in [-0.05, 0) is 73.2 Å². The predicted molar refractivity (Wildman–Crippen MR) is 123 cm³/mol. The quantitative estimate of drug-likeness (QED) is 0.424. The van der Waals surface area contributed by atoms with Gasteiger partial charge in [-0.3, -0.25) is 4.79 Å². The number of hydrogen-bond acceptors (Lipinski definition) is 4. The summed E-state index contributed by atoms with van der Waals surface area (Å²) in [4.78, 5) is 13.6. The van der Waals surface area contributed by atoms with E-state index in [0.717, 1.165) is 32.7 Å². The summed E-state index contributed by atoms with van der Waals surface area (Å²) < 4.78 is 10.9. The minimum atomic E-state index is -0.125. The van der Waals surface area contributed by atoms with Crippen LogP contribution in [0.2, 0.25) is 5.02 Å². The number of hydrogen-bond donors (Lipinski definition) is 1. The fraction of sp³-hybridized carbons (Fsp3) is 0.208. The van der Waals surface area contributed by atoms with Crippen LogP contribution in [0.15, 0.2) is 77.7 Å². The monoisotopic (exact) mass is 441 g/mol. The largest absolute Gasteiger partial charge is 0.497 e. The summed E-state index contributed by atoms with van der Waals surface area (Å²) in [5, 5.41) is 3.70. The molecule has 0 bridgehead atoms. The number of thioether (sulfide) groups is 1. The Bertz CT molecular complexity index is 944. The van der Waals surface area contributed by atoms with E-state index in [2.05, 4.69) is 5.32 Å². The lowest BCUT2D eigenvalue weighted by Crippen LogP contribution is -2.36. The molecule has 30 heavy (non-hydrogen) atoms. The average molecular weight is 442 g/mol. The Hall–Kier alpha value is -2.63. The first-order chi connectivity index (χ1) is 14.5. The van der Waals surface area contributed by atoms with Crippen molar-refractivity contribution in [3.63, 3.8) is 0 Å². The number of carbonyl (C=O) groups is 1. The Morgan fingerprint density at radius 3 is 2.23 bits per heavy atom. The van der Waals surface area contributed by atoms with Crippen molar-refractivity contribution in [2.75, 3.05) is 13.7 Å². The van der Waals surface area contributed by atoms with Crippen molar-refractivity contribution in [1.82, 2.24) is 5.32 Å². The molecule has 1 N–H and O–H groups in total. The Kier molecular flexibility index (Phi) is 8.05. The molecule has 156 valence electrons. The maximum absolute atomic E-state index is 12.5. The van der Waals surface area contributed by atoms with Crippen LogP contribution in [0.1, 0.15) is 22.8 Å². The first-order valence-electron chi connectivity index (χ1n) is 9.58. The highest BCUT2D eigenvalue weighted by molar-refractivity contribution is 7.98. The van der Waals surface area contributed by atoms with E-state index in [1.54, 1.807) is 18.9 Å². The molecule has 0 saturated heterocycles. The van der Waals surface area contributed by atoms with E-state index < -0.39 is 0 Å². The first-order valence-corrected chi connectivity index (χ1v) is 10.9. The molecule has 1 amide bonds. The van der Waals surface area contributed by atoms with Crippen LogP contribution in [0.3, 0.4) is 0 Å². The standard InChI is InChI=1S/C24H24ClNO3S/c1-17(15-29-22-11-9-21(28-2)10-12-22)26-24(27)19-5-3-18(4-6-19)16-30-23-13-7-20(25)8-14-23/h3-14,17H,15-16H2,1-2H3,(H,26,27). The molecule has 0 aliphatic rings. The highest BCUT2D eigenvalue weighted by Gasteiger charge is 2.11. The second kappa shape index (κ2) is 11.0. The van der Waals surface area contributed by atoms with Gasteiger partial charge in [-0.1, -0.05) is 23.7 Å². The van der Waals surface area contributed by atoms with Gasteiger partial charge in [0.15, 0.2) is 0 Å². The van der Waals surface area contributed by atoms with Crippen LogP contribution in [0, 0.1) is 0 Å². The SMILES string of the molecule is COc1ccc(OCC(C)NC(=O)c2ccc(CSc3ccc(Cl)cc3)cc2)cc1. The third kappa shape index (κ3) is 6.71. The lowest BCUT2D eigenvalue weighted by atomic mass is 10.1. The van der Waals surface area contributed by atoms with Crippen molar-refractivity contribution in [2.45, 2.75) is 23.6 Å². The molecule has 0 aliphatic heterocycles. The zero-order chi connectivity index (χ0) is 21.3. The molecule has 0 radical (unpaired) electrons. The maximum Gasteiger partial charge on any atom is 0.251 e. The maximum atomic E-state index is 12.5. The van der Waals surface area contributed by atoms with Crippen molar-refractivity contribution in [2.24, 2.45) is 0 Å². The molecule has 0 saturated carbocycles. The molecule has 0 aromatic heterocycles. The smallest absolute Gasteiger partial charge is 0.251 e. The topological polar surface area (TPSA) is 47.6 Å². The van der Waals surface area contributed by atoms with Gasteiger partial charge >= 0.3 is 0 Å². The van der Waals surface area contributed by atoms with Gasteiger partial charge in [-0.25, -0.2) is 0 Å². The van der Waals surface area contributed by atoms with Crippen LogP contribution in [0.5, 0.6) is 11.5 Å². The van der Waals surface area contributed by atoms with Gasteiger partial charge in [0.05, 0.1) is 13.2 Å². The van der Waals surface area contributed by atoms with E-state index in [4.69, 9.17) is 21.1 Å². The lowest BCUT2D eigenvalue weighted by Gasteiger charge is -2.15. The number of carbonyl (C=O) groups excluding carboxylic acids is 1. The van der Waals surface area contributed by atoms with Gasteiger partial charge in [0.25, 0.3) is 5.91 Å². The number of amides is 1.